The van der Waals surface area contributed by atoms with Crippen molar-refractivity contribution in [2.75, 3.05) is 10.2 Å². The lowest BCUT2D eigenvalue weighted by molar-refractivity contribution is 1.29. The standard InChI is InChI=1S/C54H36N2.C6H6/c1-5-16-36(17-6-1)52-48-30-28-38(55-37-18-7-2-8-19-37)34-50(48)54(47-33-32-46-43-25-14-13-24-42(43)44-26-15-27-45(47)53(44)46)49-31-29-41(35-51(49)52)56(39-20-9-3-10-21-39)40-22-11-4-12-23-40;1-2-4-6-5-3-1/h1-35,55H;1-6H. The Morgan fingerprint density at radius 3 is 1.39 bits per heavy atom. The van der Waals surface area contributed by atoms with Crippen molar-refractivity contribution in [3.05, 3.63) is 249 Å². The molecule has 0 spiro atoms. The highest BCUT2D eigenvalue weighted by atomic mass is 15.1. The van der Waals surface area contributed by atoms with E-state index < -0.39 is 0 Å². The molecule has 2 heteroatoms. The molecule has 0 aromatic heterocycles. The van der Waals surface area contributed by atoms with Crippen LogP contribution >= 0.6 is 0 Å². The molecule has 0 heterocycles. The summed E-state index contributed by atoms with van der Waals surface area (Å²) in [6, 6.07) is 89.1. The smallest absolute Gasteiger partial charge is 0.0468 e. The maximum absolute atomic E-state index is 3.71. The van der Waals surface area contributed by atoms with Crippen molar-refractivity contribution in [1.82, 2.24) is 0 Å². The van der Waals surface area contributed by atoms with Crippen LogP contribution in [0.15, 0.2) is 249 Å². The van der Waals surface area contributed by atoms with E-state index in [1.807, 2.05) is 36.4 Å². The molecule has 0 fully saturated rings. The first-order valence-corrected chi connectivity index (χ1v) is 21.3. The van der Waals surface area contributed by atoms with Gasteiger partial charge in [-0.25, -0.2) is 0 Å². The van der Waals surface area contributed by atoms with Gasteiger partial charge in [0.05, 0.1) is 0 Å². The Morgan fingerprint density at radius 1 is 0.258 bits per heavy atom. The van der Waals surface area contributed by atoms with Crippen LogP contribution in [0, 0.1) is 0 Å². The summed E-state index contributed by atoms with van der Waals surface area (Å²) in [6.45, 7) is 0. The molecular weight excluding hydrogens is 749 g/mol. The fraction of sp³-hybridized carbons (Fsp3) is 0. The first-order valence-electron chi connectivity index (χ1n) is 21.3. The lowest BCUT2D eigenvalue weighted by Crippen LogP contribution is -2.09. The molecule has 0 radical (unpaired) electrons. The van der Waals surface area contributed by atoms with Crippen molar-refractivity contribution in [3.63, 3.8) is 0 Å². The summed E-state index contributed by atoms with van der Waals surface area (Å²) in [4.78, 5) is 2.36. The number of rotatable bonds is 7. The van der Waals surface area contributed by atoms with Crippen LogP contribution in [0.5, 0.6) is 0 Å². The normalized spacial score (nSPS) is 11.2. The second kappa shape index (κ2) is 16.1. The summed E-state index contributed by atoms with van der Waals surface area (Å²) in [5.41, 5.74) is 15.6. The van der Waals surface area contributed by atoms with Crippen molar-refractivity contribution in [2.24, 2.45) is 0 Å². The fourth-order valence-corrected chi connectivity index (χ4v) is 9.34. The second-order valence-corrected chi connectivity index (χ2v) is 15.7. The Bertz CT molecular complexity index is 3250. The Morgan fingerprint density at radius 2 is 0.742 bits per heavy atom. The topological polar surface area (TPSA) is 15.3 Å². The van der Waals surface area contributed by atoms with Crippen LogP contribution in [-0.2, 0) is 0 Å². The molecule has 0 saturated heterocycles. The predicted molar refractivity (Wildman–Crippen MR) is 265 cm³/mol. The summed E-state index contributed by atoms with van der Waals surface area (Å²) >= 11 is 0. The minimum absolute atomic E-state index is 1.05. The Hall–Kier alpha value is -8.20. The van der Waals surface area contributed by atoms with Gasteiger partial charge in [-0.15, -0.1) is 0 Å². The van der Waals surface area contributed by atoms with Gasteiger partial charge in [-0.3, -0.25) is 0 Å². The molecule has 0 unspecified atom stereocenters. The predicted octanol–water partition coefficient (Wildman–Crippen LogP) is 17.0. The van der Waals surface area contributed by atoms with Gasteiger partial charge in [0, 0.05) is 28.4 Å². The fourth-order valence-electron chi connectivity index (χ4n) is 9.34. The first kappa shape index (κ1) is 36.8. The number of hydrogen-bond acceptors (Lipinski definition) is 2. The van der Waals surface area contributed by atoms with Gasteiger partial charge in [-0.2, -0.15) is 0 Å². The highest BCUT2D eigenvalue weighted by molar-refractivity contribution is 6.27. The molecule has 1 N–H and O–H groups in total. The molecule has 0 amide bonds. The van der Waals surface area contributed by atoms with E-state index in [1.165, 1.54) is 76.8 Å². The van der Waals surface area contributed by atoms with Crippen molar-refractivity contribution in [3.8, 4) is 44.5 Å². The summed E-state index contributed by atoms with van der Waals surface area (Å²) in [5, 5.41) is 11.2. The molecule has 0 saturated carbocycles. The maximum atomic E-state index is 3.71. The number of nitrogens with zero attached hydrogens (tertiary/aromatic N) is 1. The third-order valence-electron chi connectivity index (χ3n) is 12.0. The number of fused-ring (bicyclic) bond motifs is 5. The monoisotopic (exact) mass is 790 g/mol. The van der Waals surface area contributed by atoms with E-state index in [1.54, 1.807) is 0 Å². The lowest BCUT2D eigenvalue weighted by Gasteiger charge is -2.27. The van der Waals surface area contributed by atoms with E-state index in [0.29, 0.717) is 0 Å². The van der Waals surface area contributed by atoms with Gasteiger partial charge in [-0.1, -0.05) is 188 Å². The van der Waals surface area contributed by atoms with E-state index >= 15 is 0 Å². The van der Waals surface area contributed by atoms with Gasteiger partial charge in [0.15, 0.2) is 0 Å². The van der Waals surface area contributed by atoms with E-state index in [-0.39, 0.29) is 0 Å². The van der Waals surface area contributed by atoms with Crippen LogP contribution in [-0.4, -0.2) is 0 Å². The zero-order valence-electron chi connectivity index (χ0n) is 34.1. The number of nitrogens with one attached hydrogen (secondary N) is 1. The van der Waals surface area contributed by atoms with Crippen LogP contribution < -0.4 is 10.2 Å². The van der Waals surface area contributed by atoms with Crippen LogP contribution in [0.1, 0.15) is 0 Å². The van der Waals surface area contributed by atoms with E-state index in [2.05, 4.69) is 223 Å². The third-order valence-corrected chi connectivity index (χ3v) is 12.0. The van der Waals surface area contributed by atoms with Crippen LogP contribution in [0.2, 0.25) is 0 Å². The molecule has 11 aromatic carbocycles. The molecule has 11 aromatic rings. The van der Waals surface area contributed by atoms with Gasteiger partial charge in [0.1, 0.15) is 0 Å². The molecule has 1 aliphatic carbocycles. The Balaban J connectivity index is 0.000000666. The molecule has 12 rings (SSSR count). The van der Waals surface area contributed by atoms with Gasteiger partial charge in [0.2, 0.25) is 0 Å². The SMILES string of the molecule is c1ccc(Nc2ccc3c(-c4ccccc4)c4cc(N(c5ccccc5)c5ccccc5)ccc4c(-c4ccc5c6c(cccc46)-c4ccccc4-5)c3c2)cc1.c1ccccc1. The third kappa shape index (κ3) is 6.65. The van der Waals surface area contributed by atoms with E-state index in [0.717, 1.165) is 28.4 Å². The second-order valence-electron chi connectivity index (χ2n) is 15.7. The highest BCUT2D eigenvalue weighted by Crippen LogP contribution is 2.52. The molecule has 0 aliphatic heterocycles. The van der Waals surface area contributed by atoms with E-state index in [9.17, 15) is 0 Å². The van der Waals surface area contributed by atoms with Crippen LogP contribution in [0.3, 0.4) is 0 Å². The van der Waals surface area contributed by atoms with Crippen LogP contribution in [0.4, 0.5) is 28.4 Å². The van der Waals surface area contributed by atoms with Crippen molar-refractivity contribution in [2.45, 2.75) is 0 Å². The molecular formula is C60H42N2. The maximum Gasteiger partial charge on any atom is 0.0468 e. The quantitative estimate of drug-likeness (QED) is 0.162. The molecule has 2 nitrogen and oxygen atoms in total. The average Bonchev–Trinajstić information content (AvgIpc) is 3.68. The largest absolute Gasteiger partial charge is 0.356 e. The highest BCUT2D eigenvalue weighted by Gasteiger charge is 2.25. The number of hydrogen-bond donors (Lipinski definition) is 1. The minimum Gasteiger partial charge on any atom is -0.356 e. The summed E-state index contributed by atoms with van der Waals surface area (Å²) in [7, 11) is 0. The van der Waals surface area contributed by atoms with Crippen molar-refractivity contribution in [1.29, 1.82) is 0 Å². The number of anilines is 5. The average molecular weight is 791 g/mol. The van der Waals surface area contributed by atoms with Crippen LogP contribution in [0.25, 0.3) is 76.8 Å². The molecule has 0 atom stereocenters. The lowest BCUT2D eigenvalue weighted by atomic mass is 9.83. The zero-order chi connectivity index (χ0) is 41.2. The van der Waals surface area contributed by atoms with Crippen molar-refractivity contribution >= 4 is 60.8 Å². The zero-order valence-corrected chi connectivity index (χ0v) is 34.1. The van der Waals surface area contributed by atoms with Gasteiger partial charge < -0.3 is 10.2 Å². The summed E-state index contributed by atoms with van der Waals surface area (Å²) < 4.78 is 0. The number of benzene rings is 11. The van der Waals surface area contributed by atoms with Gasteiger partial charge in [-0.05, 0) is 137 Å². The molecule has 1 aliphatic rings. The molecule has 62 heavy (non-hydrogen) atoms. The molecule has 0 bridgehead atoms. The summed E-state index contributed by atoms with van der Waals surface area (Å²) in [5.74, 6) is 0. The Kier molecular flexibility index (Phi) is 9.57. The minimum atomic E-state index is 1.05. The molecule has 292 valence electrons. The van der Waals surface area contributed by atoms with Gasteiger partial charge in [0.25, 0.3) is 0 Å². The van der Waals surface area contributed by atoms with Gasteiger partial charge >= 0.3 is 0 Å². The van der Waals surface area contributed by atoms with Crippen molar-refractivity contribution < 1.29 is 0 Å². The Labute approximate surface area is 362 Å². The number of para-hydroxylation sites is 3. The summed E-state index contributed by atoms with van der Waals surface area (Å²) in [6.07, 6.45) is 0. The van der Waals surface area contributed by atoms with E-state index in [4.69, 9.17) is 0 Å². The first-order chi connectivity index (χ1) is 30.8.